The van der Waals surface area contributed by atoms with E-state index in [0.717, 1.165) is 11.3 Å². The zero-order valence-electron chi connectivity index (χ0n) is 18.6. The number of aromatic amines is 1. The van der Waals surface area contributed by atoms with E-state index in [1.54, 1.807) is 16.7 Å². The lowest BCUT2D eigenvalue weighted by Crippen LogP contribution is -2.38. The van der Waals surface area contributed by atoms with Gasteiger partial charge in [0.05, 0.1) is 13.7 Å². The summed E-state index contributed by atoms with van der Waals surface area (Å²) in [5.74, 6) is 0.767. The van der Waals surface area contributed by atoms with Crippen LogP contribution in [0.2, 0.25) is 0 Å². The number of fused-ring (bicyclic) bond motifs is 1. The lowest BCUT2D eigenvalue weighted by Gasteiger charge is -2.31. The molecule has 34 heavy (non-hydrogen) atoms. The number of halogens is 1. The molecule has 1 aliphatic rings. The van der Waals surface area contributed by atoms with Gasteiger partial charge in [0.2, 0.25) is 0 Å². The van der Waals surface area contributed by atoms with Crippen molar-refractivity contribution in [1.29, 1.82) is 0 Å². The molecule has 5 rings (SSSR count). The third kappa shape index (κ3) is 4.14. The topological polar surface area (TPSA) is 106 Å². The fourth-order valence-electron chi connectivity index (χ4n) is 4.31. The SMILES string of the molecule is COc1ccccc1Cn1nnc2c(=O)[nH]c(C3CCN(C(=O)c4ccc(F)cc4)CC3)nc21. The highest BCUT2D eigenvalue weighted by Gasteiger charge is 2.27. The lowest BCUT2D eigenvalue weighted by atomic mass is 9.95. The summed E-state index contributed by atoms with van der Waals surface area (Å²) in [6.45, 7) is 1.39. The van der Waals surface area contributed by atoms with E-state index < -0.39 is 0 Å². The first-order valence-corrected chi connectivity index (χ1v) is 11.0. The minimum absolute atomic E-state index is 0.0102. The second kappa shape index (κ2) is 9.05. The molecule has 1 amide bonds. The van der Waals surface area contributed by atoms with Gasteiger partial charge in [-0.1, -0.05) is 23.4 Å². The fraction of sp³-hybridized carbons (Fsp3) is 0.292. The number of carbonyl (C=O) groups is 1. The normalized spacial score (nSPS) is 14.5. The Labute approximate surface area is 194 Å². The number of nitrogens with zero attached hydrogens (tertiary/aromatic N) is 5. The molecule has 3 heterocycles. The first kappa shape index (κ1) is 21.7. The van der Waals surface area contributed by atoms with Gasteiger partial charge in [0.1, 0.15) is 17.4 Å². The van der Waals surface area contributed by atoms with Crippen molar-refractivity contribution >= 4 is 17.1 Å². The number of benzene rings is 2. The van der Waals surface area contributed by atoms with Gasteiger partial charge < -0.3 is 14.6 Å². The van der Waals surface area contributed by atoms with Crippen molar-refractivity contribution in [2.45, 2.75) is 25.3 Å². The molecular formula is C24H23FN6O3. The summed E-state index contributed by atoms with van der Waals surface area (Å²) >= 11 is 0. The Morgan fingerprint density at radius 3 is 2.62 bits per heavy atom. The number of rotatable bonds is 5. The van der Waals surface area contributed by atoms with Crippen LogP contribution in [0.5, 0.6) is 5.75 Å². The Balaban J connectivity index is 1.35. The van der Waals surface area contributed by atoms with Crippen LogP contribution >= 0.6 is 0 Å². The number of likely N-dealkylation sites (tertiary alicyclic amines) is 1. The van der Waals surface area contributed by atoms with Crippen LogP contribution in [0.3, 0.4) is 0 Å². The highest BCUT2D eigenvalue weighted by Crippen LogP contribution is 2.27. The number of H-pyrrole nitrogens is 1. The molecule has 0 spiro atoms. The van der Waals surface area contributed by atoms with E-state index in [-0.39, 0.29) is 28.7 Å². The average molecular weight is 462 g/mol. The van der Waals surface area contributed by atoms with Crippen molar-refractivity contribution in [2.24, 2.45) is 0 Å². The first-order chi connectivity index (χ1) is 16.5. The summed E-state index contributed by atoms with van der Waals surface area (Å²) in [5, 5.41) is 8.15. The van der Waals surface area contributed by atoms with Gasteiger partial charge >= 0.3 is 0 Å². The molecule has 9 nitrogen and oxygen atoms in total. The molecule has 0 unspecified atom stereocenters. The molecule has 2 aromatic heterocycles. The van der Waals surface area contributed by atoms with Crippen molar-refractivity contribution in [3.8, 4) is 5.75 Å². The predicted molar refractivity (Wildman–Crippen MR) is 122 cm³/mol. The maximum absolute atomic E-state index is 13.2. The van der Waals surface area contributed by atoms with Crippen LogP contribution in [0.4, 0.5) is 4.39 Å². The molecular weight excluding hydrogens is 439 g/mol. The smallest absolute Gasteiger partial charge is 0.281 e. The monoisotopic (exact) mass is 462 g/mol. The molecule has 0 atom stereocenters. The van der Waals surface area contributed by atoms with Crippen LogP contribution in [0.15, 0.2) is 53.3 Å². The number of piperidine rings is 1. The molecule has 0 bridgehead atoms. The zero-order valence-corrected chi connectivity index (χ0v) is 18.6. The summed E-state index contributed by atoms with van der Waals surface area (Å²) in [6.07, 6.45) is 1.30. The molecule has 174 valence electrons. The summed E-state index contributed by atoms with van der Waals surface area (Å²) in [6, 6.07) is 13.1. The maximum atomic E-state index is 13.2. The lowest BCUT2D eigenvalue weighted by molar-refractivity contribution is 0.0711. The molecule has 4 aromatic rings. The minimum atomic E-state index is -0.375. The summed E-state index contributed by atoms with van der Waals surface area (Å²) in [5.41, 5.74) is 1.61. The van der Waals surface area contributed by atoms with E-state index in [1.807, 2.05) is 24.3 Å². The van der Waals surface area contributed by atoms with E-state index in [9.17, 15) is 14.0 Å². The first-order valence-electron chi connectivity index (χ1n) is 11.0. The Kier molecular flexibility index (Phi) is 5.79. The van der Waals surface area contributed by atoms with Crippen molar-refractivity contribution in [1.82, 2.24) is 29.9 Å². The molecule has 0 saturated carbocycles. The van der Waals surface area contributed by atoms with Gasteiger partial charge in [-0.2, -0.15) is 0 Å². The van der Waals surface area contributed by atoms with Crippen molar-refractivity contribution < 1.29 is 13.9 Å². The predicted octanol–water partition coefficient (Wildman–Crippen LogP) is 2.73. The number of nitrogens with one attached hydrogen (secondary N) is 1. The Hall–Kier alpha value is -4.08. The minimum Gasteiger partial charge on any atom is -0.496 e. The Morgan fingerprint density at radius 1 is 1.15 bits per heavy atom. The number of carbonyl (C=O) groups excluding carboxylic acids is 1. The largest absolute Gasteiger partial charge is 0.496 e. The van der Waals surface area contributed by atoms with E-state index >= 15 is 0 Å². The third-order valence-corrected chi connectivity index (χ3v) is 6.16. The number of hydrogen-bond acceptors (Lipinski definition) is 6. The fourth-order valence-corrected chi connectivity index (χ4v) is 4.31. The molecule has 1 aliphatic heterocycles. The third-order valence-electron chi connectivity index (χ3n) is 6.16. The van der Waals surface area contributed by atoms with Crippen LogP contribution in [0.25, 0.3) is 11.2 Å². The highest BCUT2D eigenvalue weighted by atomic mass is 19.1. The van der Waals surface area contributed by atoms with E-state index in [2.05, 4.69) is 15.3 Å². The molecule has 2 aromatic carbocycles. The average Bonchev–Trinajstić information content (AvgIpc) is 3.27. The summed E-state index contributed by atoms with van der Waals surface area (Å²) in [4.78, 5) is 34.7. The van der Waals surface area contributed by atoms with Crippen molar-refractivity contribution in [3.05, 3.63) is 81.7 Å². The van der Waals surface area contributed by atoms with Crippen LogP contribution in [0, 0.1) is 5.82 Å². The van der Waals surface area contributed by atoms with Crippen LogP contribution in [-0.2, 0) is 6.54 Å². The van der Waals surface area contributed by atoms with Crippen LogP contribution in [0.1, 0.15) is 40.5 Å². The number of amides is 1. The number of aromatic nitrogens is 5. The maximum Gasteiger partial charge on any atom is 0.281 e. The van der Waals surface area contributed by atoms with Gasteiger partial charge in [0.15, 0.2) is 11.2 Å². The van der Waals surface area contributed by atoms with Gasteiger partial charge in [0, 0.05) is 30.1 Å². The zero-order chi connectivity index (χ0) is 23.7. The van der Waals surface area contributed by atoms with Gasteiger partial charge in [-0.15, -0.1) is 5.10 Å². The molecule has 0 aliphatic carbocycles. The summed E-state index contributed by atoms with van der Waals surface area (Å²) < 4.78 is 20.2. The van der Waals surface area contributed by atoms with Gasteiger partial charge in [-0.3, -0.25) is 9.59 Å². The highest BCUT2D eigenvalue weighted by molar-refractivity contribution is 5.94. The molecule has 1 N–H and O–H groups in total. The number of ether oxygens (including phenoxy) is 1. The van der Waals surface area contributed by atoms with Gasteiger partial charge in [-0.25, -0.2) is 14.1 Å². The molecule has 10 heteroatoms. The molecule has 1 saturated heterocycles. The Morgan fingerprint density at radius 2 is 1.88 bits per heavy atom. The van der Waals surface area contributed by atoms with Crippen molar-refractivity contribution in [3.63, 3.8) is 0 Å². The van der Waals surface area contributed by atoms with Gasteiger partial charge in [0.25, 0.3) is 11.5 Å². The van der Waals surface area contributed by atoms with E-state index in [4.69, 9.17) is 9.72 Å². The standard InChI is InChI=1S/C24H23FN6O3/c1-34-19-5-3-2-4-17(19)14-31-22-20(28-29-31)23(32)27-21(26-22)15-10-12-30(13-11-15)24(33)16-6-8-18(25)9-7-16/h2-9,15H,10-14H2,1H3,(H,26,27,32). The van der Waals surface area contributed by atoms with Crippen molar-refractivity contribution in [2.75, 3.05) is 20.2 Å². The second-order valence-electron chi connectivity index (χ2n) is 8.26. The van der Waals surface area contributed by atoms with E-state index in [0.29, 0.717) is 49.5 Å². The van der Waals surface area contributed by atoms with Gasteiger partial charge in [-0.05, 0) is 43.2 Å². The number of para-hydroxylation sites is 1. The second-order valence-corrected chi connectivity index (χ2v) is 8.26. The van der Waals surface area contributed by atoms with E-state index in [1.165, 1.54) is 24.3 Å². The summed E-state index contributed by atoms with van der Waals surface area (Å²) in [7, 11) is 1.60. The van der Waals surface area contributed by atoms with Crippen LogP contribution in [-0.4, -0.2) is 56.0 Å². The number of hydrogen-bond donors (Lipinski definition) is 1. The molecule has 0 radical (unpaired) electrons. The Bertz CT molecular complexity index is 1390. The molecule has 1 fully saturated rings. The van der Waals surface area contributed by atoms with Crippen LogP contribution < -0.4 is 10.3 Å². The quantitative estimate of drug-likeness (QED) is 0.489. The number of methoxy groups -OCH3 is 1.